The van der Waals surface area contributed by atoms with Crippen LogP contribution in [0.3, 0.4) is 0 Å². The molecule has 0 saturated carbocycles. The van der Waals surface area contributed by atoms with Crippen LogP contribution < -0.4 is 5.43 Å². The number of hydrogen-bond donors (Lipinski definition) is 1. The molecule has 5 rings (SSSR count). The Bertz CT molecular complexity index is 1280. The van der Waals surface area contributed by atoms with Crippen LogP contribution in [0.5, 0.6) is 0 Å². The summed E-state index contributed by atoms with van der Waals surface area (Å²) in [5, 5.41) is 1.72. The molecule has 2 aromatic heterocycles. The van der Waals surface area contributed by atoms with E-state index in [1.165, 1.54) is 19.3 Å². The number of likely N-dealkylation sites (tertiary alicyclic amines) is 1. The number of aliphatic imine (C=N–C) groups is 1. The van der Waals surface area contributed by atoms with E-state index in [1.807, 2.05) is 60.9 Å². The molecule has 3 heterocycles. The minimum atomic E-state index is 0.110. The van der Waals surface area contributed by atoms with Gasteiger partial charge in [0.05, 0.1) is 16.7 Å². The van der Waals surface area contributed by atoms with Gasteiger partial charge < -0.3 is 4.98 Å². The third-order valence-corrected chi connectivity index (χ3v) is 5.83. The highest BCUT2D eigenvalue weighted by Crippen LogP contribution is 2.24. The van der Waals surface area contributed by atoms with Crippen molar-refractivity contribution in [2.75, 3.05) is 13.1 Å². The van der Waals surface area contributed by atoms with Crippen molar-refractivity contribution in [3.05, 3.63) is 82.3 Å². The predicted molar refractivity (Wildman–Crippen MR) is 123 cm³/mol. The van der Waals surface area contributed by atoms with Crippen LogP contribution in [0.2, 0.25) is 0 Å². The maximum atomic E-state index is 13.1. The summed E-state index contributed by atoms with van der Waals surface area (Å²) in [6, 6.07) is 15.7. The lowest BCUT2D eigenvalue weighted by Gasteiger charge is -2.26. The van der Waals surface area contributed by atoms with Crippen LogP contribution in [-0.2, 0) is 6.54 Å². The first-order chi connectivity index (χ1) is 14.8. The average Bonchev–Trinajstić information content (AvgIpc) is 2.80. The molecule has 0 atom stereocenters. The Hall–Kier alpha value is -3.31. The Morgan fingerprint density at radius 2 is 1.83 bits per heavy atom. The van der Waals surface area contributed by atoms with Crippen LogP contribution in [0.4, 0.5) is 5.69 Å². The van der Waals surface area contributed by atoms with Crippen LogP contribution in [0.15, 0.2) is 70.7 Å². The molecule has 30 heavy (non-hydrogen) atoms. The van der Waals surface area contributed by atoms with Gasteiger partial charge in [0.15, 0.2) is 5.43 Å². The third kappa shape index (κ3) is 3.64. The van der Waals surface area contributed by atoms with Gasteiger partial charge in [-0.15, -0.1) is 0 Å². The number of aromatic amines is 1. The molecule has 0 aliphatic carbocycles. The van der Waals surface area contributed by atoms with Gasteiger partial charge in [-0.1, -0.05) is 24.6 Å². The minimum absolute atomic E-state index is 0.110. The van der Waals surface area contributed by atoms with E-state index >= 15 is 0 Å². The van der Waals surface area contributed by atoms with Gasteiger partial charge in [0.2, 0.25) is 0 Å². The molecule has 1 saturated heterocycles. The van der Waals surface area contributed by atoms with Crippen molar-refractivity contribution in [1.29, 1.82) is 0 Å². The van der Waals surface area contributed by atoms with Crippen molar-refractivity contribution >= 4 is 33.7 Å². The van der Waals surface area contributed by atoms with E-state index in [1.54, 1.807) is 6.20 Å². The summed E-state index contributed by atoms with van der Waals surface area (Å²) in [6.07, 6.45) is 9.21. The van der Waals surface area contributed by atoms with Crippen LogP contribution in [0, 0.1) is 0 Å². The van der Waals surface area contributed by atoms with Crippen molar-refractivity contribution in [2.45, 2.75) is 25.8 Å². The summed E-state index contributed by atoms with van der Waals surface area (Å²) in [5.74, 6) is 0. The molecular weight excluding hydrogens is 372 g/mol. The molecule has 0 unspecified atom stereocenters. The van der Waals surface area contributed by atoms with E-state index in [2.05, 4.69) is 14.9 Å². The average molecular weight is 396 g/mol. The van der Waals surface area contributed by atoms with Gasteiger partial charge in [-0.25, -0.2) is 0 Å². The number of benzene rings is 2. The lowest BCUT2D eigenvalue weighted by atomic mass is 10.1. The lowest BCUT2D eigenvalue weighted by molar-refractivity contribution is 0.220. The van der Waals surface area contributed by atoms with E-state index in [9.17, 15) is 4.79 Å². The van der Waals surface area contributed by atoms with Crippen molar-refractivity contribution < 1.29 is 0 Å². The smallest absolute Gasteiger partial charge is 0.193 e. The first kappa shape index (κ1) is 18.7. The van der Waals surface area contributed by atoms with E-state index in [0.29, 0.717) is 11.9 Å². The molecule has 2 aromatic carbocycles. The van der Waals surface area contributed by atoms with Crippen LogP contribution in [-0.4, -0.2) is 34.2 Å². The predicted octanol–water partition coefficient (Wildman–Crippen LogP) is 4.81. The molecule has 0 amide bonds. The lowest BCUT2D eigenvalue weighted by Crippen LogP contribution is -2.31. The Balaban J connectivity index is 1.50. The zero-order chi connectivity index (χ0) is 20.3. The van der Waals surface area contributed by atoms with Crippen molar-refractivity contribution in [1.82, 2.24) is 14.9 Å². The second kappa shape index (κ2) is 8.20. The van der Waals surface area contributed by atoms with Crippen molar-refractivity contribution in [3.63, 3.8) is 0 Å². The summed E-state index contributed by atoms with van der Waals surface area (Å²) < 4.78 is 0. The summed E-state index contributed by atoms with van der Waals surface area (Å²) in [4.78, 5) is 27.9. The van der Waals surface area contributed by atoms with Crippen LogP contribution >= 0.6 is 0 Å². The normalized spacial score (nSPS) is 15.3. The van der Waals surface area contributed by atoms with Crippen LogP contribution in [0.1, 0.15) is 30.4 Å². The maximum absolute atomic E-state index is 13.1. The topological polar surface area (TPSA) is 61.4 Å². The fourth-order valence-electron chi connectivity index (χ4n) is 4.24. The summed E-state index contributed by atoms with van der Waals surface area (Å²) in [7, 11) is 0. The number of nitrogens with zero attached hydrogens (tertiary/aromatic N) is 3. The minimum Gasteiger partial charge on any atom is -0.360 e. The monoisotopic (exact) mass is 396 g/mol. The van der Waals surface area contributed by atoms with Gasteiger partial charge in [0.25, 0.3) is 0 Å². The molecule has 5 nitrogen and oxygen atoms in total. The fourth-order valence-corrected chi connectivity index (χ4v) is 4.24. The number of pyridine rings is 2. The van der Waals surface area contributed by atoms with Gasteiger partial charge >= 0.3 is 0 Å². The maximum Gasteiger partial charge on any atom is 0.193 e. The van der Waals surface area contributed by atoms with Crippen molar-refractivity contribution in [2.24, 2.45) is 4.99 Å². The number of fused-ring (bicyclic) bond motifs is 2. The van der Waals surface area contributed by atoms with Gasteiger partial charge in [0, 0.05) is 47.1 Å². The number of aromatic nitrogens is 2. The molecule has 150 valence electrons. The molecule has 0 radical (unpaired) electrons. The zero-order valence-electron chi connectivity index (χ0n) is 16.8. The quantitative estimate of drug-likeness (QED) is 0.504. The molecule has 0 bridgehead atoms. The van der Waals surface area contributed by atoms with Gasteiger partial charge in [-0.3, -0.25) is 19.7 Å². The van der Waals surface area contributed by atoms with Crippen molar-refractivity contribution in [3.8, 4) is 0 Å². The summed E-state index contributed by atoms with van der Waals surface area (Å²) >= 11 is 0. The molecule has 1 fully saturated rings. The van der Waals surface area contributed by atoms with E-state index < -0.39 is 0 Å². The van der Waals surface area contributed by atoms with Gasteiger partial charge in [-0.2, -0.15) is 0 Å². The second-order valence-corrected chi connectivity index (χ2v) is 7.86. The standard InChI is InChI=1S/C25H24N4O/c30-25-19(17-29-13-2-1-3-14-29)16-28-24-18(7-4-8-21(24)25)15-27-23-11-5-10-22-20(23)9-6-12-26-22/h4-12,15-16H,1-3,13-14,17H2,(H,28,30). The summed E-state index contributed by atoms with van der Waals surface area (Å²) in [5.41, 5.74) is 4.45. The Labute approximate surface area is 175 Å². The van der Waals surface area contributed by atoms with Crippen LogP contribution in [0.25, 0.3) is 21.8 Å². The number of rotatable bonds is 4. The third-order valence-electron chi connectivity index (χ3n) is 5.83. The summed E-state index contributed by atoms with van der Waals surface area (Å²) in [6.45, 7) is 2.86. The second-order valence-electron chi connectivity index (χ2n) is 7.86. The number of para-hydroxylation sites is 1. The Morgan fingerprint density at radius 1 is 1.00 bits per heavy atom. The molecule has 1 aliphatic rings. The Morgan fingerprint density at radius 3 is 2.73 bits per heavy atom. The SMILES string of the molecule is O=c1c(CN2CCCCC2)c[nH]c2c(C=Nc3cccc4ncccc34)cccc12. The number of piperidine rings is 1. The van der Waals surface area contributed by atoms with Gasteiger partial charge in [-0.05, 0) is 56.3 Å². The van der Waals surface area contributed by atoms with E-state index in [0.717, 1.165) is 46.3 Å². The Kier molecular flexibility index (Phi) is 5.11. The fraction of sp³-hybridized carbons (Fsp3) is 0.240. The molecule has 0 spiro atoms. The molecular formula is C25H24N4O. The number of hydrogen-bond acceptors (Lipinski definition) is 4. The number of H-pyrrole nitrogens is 1. The highest BCUT2D eigenvalue weighted by atomic mass is 16.1. The van der Waals surface area contributed by atoms with E-state index in [4.69, 9.17) is 4.99 Å². The molecule has 1 aliphatic heterocycles. The zero-order valence-corrected chi connectivity index (χ0v) is 16.8. The first-order valence-corrected chi connectivity index (χ1v) is 10.5. The largest absolute Gasteiger partial charge is 0.360 e. The molecule has 4 aromatic rings. The highest BCUT2D eigenvalue weighted by molar-refractivity contribution is 6.00. The number of nitrogens with one attached hydrogen (secondary N) is 1. The van der Waals surface area contributed by atoms with Gasteiger partial charge in [0.1, 0.15) is 0 Å². The molecule has 1 N–H and O–H groups in total. The first-order valence-electron chi connectivity index (χ1n) is 10.5. The molecule has 5 heteroatoms. The highest BCUT2D eigenvalue weighted by Gasteiger charge is 2.14. The van der Waals surface area contributed by atoms with E-state index in [-0.39, 0.29) is 5.43 Å².